The van der Waals surface area contributed by atoms with E-state index in [1.54, 1.807) is 6.92 Å². The van der Waals surface area contributed by atoms with Crippen molar-refractivity contribution in [2.45, 2.75) is 13.0 Å². The average molecular weight is 295 g/mol. The Morgan fingerprint density at radius 3 is 2.38 bits per heavy atom. The second kappa shape index (κ2) is 7.85. The van der Waals surface area contributed by atoms with Crippen molar-refractivity contribution in [2.75, 3.05) is 18.5 Å². The van der Waals surface area contributed by atoms with Gasteiger partial charge in [0.25, 0.3) is 11.8 Å². The number of carbonyl (C=O) groups is 3. The van der Waals surface area contributed by atoms with Crippen LogP contribution in [0.3, 0.4) is 0 Å². The highest BCUT2D eigenvalue weighted by molar-refractivity contribution is 6.08. The van der Waals surface area contributed by atoms with Crippen LogP contribution in [0.5, 0.6) is 5.75 Å². The maximum Gasteiger partial charge on any atom is 0.332 e. The Morgan fingerprint density at radius 2 is 1.86 bits per heavy atom. The normalized spacial score (nSPS) is 11.3. The van der Waals surface area contributed by atoms with E-state index in [0.717, 1.165) is 0 Å². The summed E-state index contributed by atoms with van der Waals surface area (Å²) in [5.74, 6) is -1.65. The molecule has 0 aromatic heterocycles. The predicted molar refractivity (Wildman–Crippen MR) is 74.4 cm³/mol. The fraction of sp³-hybridized carbons (Fsp3) is 0.308. The lowest BCUT2D eigenvalue weighted by molar-refractivity contribution is -0.147. The van der Waals surface area contributed by atoms with E-state index in [9.17, 15) is 14.4 Å². The number of carbonyl (C=O) groups excluding carboxylic acids is 3. The van der Waals surface area contributed by atoms with Gasteiger partial charge in [0.2, 0.25) is 0 Å². The number of hydrogen-bond donors (Lipinski definition) is 3. The van der Waals surface area contributed by atoms with Crippen LogP contribution in [0.2, 0.25) is 0 Å². The van der Waals surface area contributed by atoms with Gasteiger partial charge in [-0.2, -0.15) is 0 Å². The molecular formula is C13H17N3O5. The van der Waals surface area contributed by atoms with Crippen LogP contribution in [0.4, 0.5) is 5.69 Å². The molecule has 8 heteroatoms. The third-order valence-electron chi connectivity index (χ3n) is 2.33. The summed E-state index contributed by atoms with van der Waals surface area (Å²) in [4.78, 5) is 33.6. The van der Waals surface area contributed by atoms with Gasteiger partial charge in [-0.25, -0.2) is 4.79 Å². The minimum absolute atomic E-state index is 0.145. The molecule has 0 heterocycles. The summed E-state index contributed by atoms with van der Waals surface area (Å²) >= 11 is 0. The van der Waals surface area contributed by atoms with E-state index < -0.39 is 23.8 Å². The summed E-state index contributed by atoms with van der Waals surface area (Å²) in [5, 5.41) is 2.46. The fourth-order valence-corrected chi connectivity index (χ4v) is 1.35. The molecule has 1 unspecified atom stereocenters. The molecule has 114 valence electrons. The quantitative estimate of drug-likeness (QED) is 0.453. The highest BCUT2D eigenvalue weighted by Crippen LogP contribution is 2.15. The highest BCUT2D eigenvalue weighted by Gasteiger charge is 2.23. The number of rotatable bonds is 7. The van der Waals surface area contributed by atoms with Crippen molar-refractivity contribution in [3.63, 3.8) is 0 Å². The Bertz CT molecular complexity index is 515. The molecule has 0 radical (unpaired) electrons. The van der Waals surface area contributed by atoms with Gasteiger partial charge < -0.3 is 26.3 Å². The minimum Gasteiger partial charge on any atom is -0.484 e. The van der Waals surface area contributed by atoms with Gasteiger partial charge in [-0.3, -0.25) is 9.59 Å². The monoisotopic (exact) mass is 295 g/mol. The van der Waals surface area contributed by atoms with Crippen LogP contribution in [0, 0.1) is 0 Å². The third-order valence-corrected chi connectivity index (χ3v) is 2.33. The Balaban J connectivity index is 2.56. The van der Waals surface area contributed by atoms with Crippen LogP contribution in [-0.2, 0) is 19.1 Å². The van der Waals surface area contributed by atoms with Gasteiger partial charge in [0.15, 0.2) is 12.6 Å². The summed E-state index contributed by atoms with van der Waals surface area (Å²) in [7, 11) is 0. The molecule has 0 bridgehead atoms. The highest BCUT2D eigenvalue weighted by atomic mass is 16.5. The molecule has 5 N–H and O–H groups in total. The summed E-state index contributed by atoms with van der Waals surface area (Å²) in [6, 6.07) is 4.75. The smallest absolute Gasteiger partial charge is 0.332 e. The predicted octanol–water partition coefficient (Wildman–Crippen LogP) is -0.620. The third kappa shape index (κ3) is 5.49. The summed E-state index contributed by atoms with van der Waals surface area (Å²) in [6.07, 6.45) is 0. The Kier molecular flexibility index (Phi) is 6.15. The van der Waals surface area contributed by atoms with Gasteiger partial charge in [0.05, 0.1) is 6.61 Å². The summed E-state index contributed by atoms with van der Waals surface area (Å²) in [6.45, 7) is 1.53. The van der Waals surface area contributed by atoms with Crippen LogP contribution in [-0.4, -0.2) is 37.0 Å². The average Bonchev–Trinajstić information content (AvgIpc) is 2.45. The van der Waals surface area contributed by atoms with E-state index in [1.165, 1.54) is 24.3 Å². The van der Waals surface area contributed by atoms with Crippen molar-refractivity contribution in [1.29, 1.82) is 0 Å². The summed E-state index contributed by atoms with van der Waals surface area (Å²) < 4.78 is 9.71. The van der Waals surface area contributed by atoms with Crippen molar-refractivity contribution in [3.05, 3.63) is 24.3 Å². The van der Waals surface area contributed by atoms with Crippen molar-refractivity contribution in [3.8, 4) is 5.75 Å². The van der Waals surface area contributed by atoms with E-state index in [1.807, 2.05) is 0 Å². The first kappa shape index (κ1) is 16.4. The SMILES string of the molecule is CCOC(=O)C(N)C(=O)Nc1ccc(OCC(N)=O)cc1. The molecule has 2 amide bonds. The molecule has 1 rings (SSSR count). The number of hydrogen-bond acceptors (Lipinski definition) is 6. The minimum atomic E-state index is -1.39. The number of primary amides is 1. The molecule has 1 atom stereocenters. The molecule has 8 nitrogen and oxygen atoms in total. The van der Waals surface area contributed by atoms with E-state index in [-0.39, 0.29) is 13.2 Å². The number of esters is 1. The van der Waals surface area contributed by atoms with Gasteiger partial charge in [-0.1, -0.05) is 0 Å². The molecule has 0 aliphatic heterocycles. The molecule has 0 saturated carbocycles. The van der Waals surface area contributed by atoms with Crippen molar-refractivity contribution in [2.24, 2.45) is 11.5 Å². The van der Waals surface area contributed by atoms with Gasteiger partial charge in [-0.15, -0.1) is 0 Å². The van der Waals surface area contributed by atoms with Crippen molar-refractivity contribution in [1.82, 2.24) is 0 Å². The lowest BCUT2D eigenvalue weighted by Gasteiger charge is -2.11. The molecule has 1 aromatic carbocycles. The second-order valence-corrected chi connectivity index (χ2v) is 4.00. The number of amides is 2. The molecule has 1 aromatic rings. The zero-order valence-corrected chi connectivity index (χ0v) is 11.5. The number of nitrogens with one attached hydrogen (secondary N) is 1. The maximum atomic E-state index is 11.7. The van der Waals surface area contributed by atoms with Crippen LogP contribution >= 0.6 is 0 Å². The van der Waals surface area contributed by atoms with E-state index in [0.29, 0.717) is 11.4 Å². The van der Waals surface area contributed by atoms with Crippen LogP contribution in [0.25, 0.3) is 0 Å². The molecule has 0 spiro atoms. The Morgan fingerprint density at radius 1 is 1.24 bits per heavy atom. The molecule has 0 aliphatic rings. The van der Waals surface area contributed by atoms with Crippen LogP contribution < -0.4 is 21.5 Å². The van der Waals surface area contributed by atoms with Crippen LogP contribution in [0.1, 0.15) is 6.92 Å². The lowest BCUT2D eigenvalue weighted by atomic mass is 10.2. The maximum absolute atomic E-state index is 11.7. The largest absolute Gasteiger partial charge is 0.484 e. The number of anilines is 1. The number of benzene rings is 1. The Labute approximate surface area is 121 Å². The van der Waals surface area contributed by atoms with Crippen molar-refractivity contribution < 1.29 is 23.9 Å². The number of nitrogens with two attached hydrogens (primary N) is 2. The van der Waals surface area contributed by atoms with Gasteiger partial charge in [0.1, 0.15) is 5.75 Å². The zero-order chi connectivity index (χ0) is 15.8. The van der Waals surface area contributed by atoms with Gasteiger partial charge in [-0.05, 0) is 31.2 Å². The molecule has 21 heavy (non-hydrogen) atoms. The first-order chi connectivity index (χ1) is 9.93. The van der Waals surface area contributed by atoms with Crippen LogP contribution in [0.15, 0.2) is 24.3 Å². The summed E-state index contributed by atoms with van der Waals surface area (Å²) in [5.41, 5.74) is 10.8. The topological polar surface area (TPSA) is 134 Å². The van der Waals surface area contributed by atoms with E-state index in [2.05, 4.69) is 10.1 Å². The first-order valence-electron chi connectivity index (χ1n) is 6.18. The van der Waals surface area contributed by atoms with Gasteiger partial charge in [0, 0.05) is 5.69 Å². The Hall–Kier alpha value is -2.61. The second-order valence-electron chi connectivity index (χ2n) is 4.00. The van der Waals surface area contributed by atoms with Crippen molar-refractivity contribution >= 4 is 23.5 Å². The van der Waals surface area contributed by atoms with E-state index >= 15 is 0 Å². The lowest BCUT2D eigenvalue weighted by Crippen LogP contribution is -2.43. The fourth-order valence-electron chi connectivity index (χ4n) is 1.35. The molecular weight excluding hydrogens is 278 g/mol. The molecule has 0 aliphatic carbocycles. The first-order valence-corrected chi connectivity index (χ1v) is 6.18. The van der Waals surface area contributed by atoms with Gasteiger partial charge >= 0.3 is 5.97 Å². The molecule has 0 fully saturated rings. The van der Waals surface area contributed by atoms with E-state index in [4.69, 9.17) is 16.2 Å². The standard InChI is InChI=1S/C13H17N3O5/c1-2-20-13(19)11(15)12(18)16-8-3-5-9(6-4-8)21-7-10(14)17/h3-6,11H,2,7,15H2,1H3,(H2,14,17)(H,16,18). The molecule has 0 saturated heterocycles. The number of ether oxygens (including phenoxy) is 2. The zero-order valence-electron chi connectivity index (χ0n) is 11.5.